The largest absolute Gasteiger partial charge is 0.493 e. The molecule has 1 unspecified atom stereocenters. The lowest BCUT2D eigenvalue weighted by molar-refractivity contribution is 0.354. The molecule has 0 amide bonds. The lowest BCUT2D eigenvalue weighted by Gasteiger charge is -2.18. The van der Waals surface area contributed by atoms with Crippen LogP contribution in [0.15, 0.2) is 36.4 Å². The zero-order valence-electron chi connectivity index (χ0n) is 12.1. The van der Waals surface area contributed by atoms with Crippen LogP contribution in [0.2, 0.25) is 5.02 Å². The van der Waals surface area contributed by atoms with Crippen LogP contribution in [0.1, 0.15) is 18.5 Å². The van der Waals surface area contributed by atoms with Crippen molar-refractivity contribution in [1.82, 2.24) is 0 Å². The van der Waals surface area contributed by atoms with Crippen molar-refractivity contribution in [2.45, 2.75) is 13.0 Å². The summed E-state index contributed by atoms with van der Waals surface area (Å²) in [6.07, 6.45) is 0. The Kier molecular flexibility index (Phi) is 5.58. The van der Waals surface area contributed by atoms with Crippen molar-refractivity contribution in [3.63, 3.8) is 0 Å². The molecule has 21 heavy (non-hydrogen) atoms. The number of rotatable bonds is 5. The average molecular weight is 418 g/mol. The Balaban J connectivity index is 2.21. The molecule has 0 aliphatic carbocycles. The van der Waals surface area contributed by atoms with E-state index >= 15 is 0 Å². The van der Waals surface area contributed by atoms with E-state index in [1.807, 2.05) is 36.4 Å². The maximum absolute atomic E-state index is 5.98. The molecule has 0 bridgehead atoms. The van der Waals surface area contributed by atoms with Gasteiger partial charge in [-0.15, -0.1) is 0 Å². The minimum atomic E-state index is 0.138. The number of hydrogen-bond donors (Lipinski definition) is 1. The van der Waals surface area contributed by atoms with Crippen molar-refractivity contribution in [3.05, 3.63) is 50.6 Å². The standard InChI is InChI=1S/C16H17ClINO2/c1-10(19-14-6-5-12(17)9-13(14)18)11-4-7-15(20-2)16(8-11)21-3/h4-10,19H,1-3H3. The molecule has 0 radical (unpaired) electrons. The number of hydrogen-bond acceptors (Lipinski definition) is 3. The topological polar surface area (TPSA) is 30.5 Å². The number of benzene rings is 2. The molecule has 3 nitrogen and oxygen atoms in total. The van der Waals surface area contributed by atoms with Crippen LogP contribution in [0.25, 0.3) is 0 Å². The monoisotopic (exact) mass is 417 g/mol. The summed E-state index contributed by atoms with van der Waals surface area (Å²) in [5.41, 5.74) is 2.18. The summed E-state index contributed by atoms with van der Waals surface area (Å²) in [5, 5.41) is 4.22. The molecule has 0 aromatic heterocycles. The number of halogens is 2. The molecule has 1 N–H and O–H groups in total. The molecule has 5 heteroatoms. The zero-order chi connectivity index (χ0) is 15.4. The van der Waals surface area contributed by atoms with Crippen molar-refractivity contribution < 1.29 is 9.47 Å². The molecule has 0 fully saturated rings. The van der Waals surface area contributed by atoms with Gasteiger partial charge in [-0.1, -0.05) is 17.7 Å². The summed E-state index contributed by atoms with van der Waals surface area (Å²) in [5.74, 6) is 1.46. The minimum Gasteiger partial charge on any atom is -0.493 e. The predicted octanol–water partition coefficient (Wildman–Crippen LogP) is 5.13. The first kappa shape index (κ1) is 16.2. The van der Waals surface area contributed by atoms with Gasteiger partial charge in [0.25, 0.3) is 0 Å². The number of ether oxygens (including phenoxy) is 2. The van der Waals surface area contributed by atoms with Gasteiger partial charge in [-0.25, -0.2) is 0 Å². The van der Waals surface area contributed by atoms with Gasteiger partial charge in [-0.05, 0) is 65.4 Å². The average Bonchev–Trinajstić information content (AvgIpc) is 2.49. The fourth-order valence-corrected chi connectivity index (χ4v) is 3.07. The molecule has 112 valence electrons. The van der Waals surface area contributed by atoms with Gasteiger partial charge in [0.05, 0.1) is 14.2 Å². The van der Waals surface area contributed by atoms with Gasteiger partial charge in [0.2, 0.25) is 0 Å². The van der Waals surface area contributed by atoms with Gasteiger partial charge in [0, 0.05) is 20.3 Å². The first-order chi connectivity index (χ1) is 10.0. The van der Waals surface area contributed by atoms with E-state index in [4.69, 9.17) is 21.1 Å². The Morgan fingerprint density at radius 2 is 1.76 bits per heavy atom. The Morgan fingerprint density at radius 1 is 1.05 bits per heavy atom. The summed E-state index contributed by atoms with van der Waals surface area (Å²) in [7, 11) is 3.27. The quantitative estimate of drug-likeness (QED) is 0.684. The smallest absolute Gasteiger partial charge is 0.161 e. The molecule has 0 spiro atoms. The first-order valence-electron chi connectivity index (χ1n) is 6.48. The number of methoxy groups -OCH3 is 2. The summed E-state index contributed by atoms with van der Waals surface area (Å²) in [6, 6.07) is 11.9. The highest BCUT2D eigenvalue weighted by atomic mass is 127. The van der Waals surface area contributed by atoms with Crippen molar-refractivity contribution in [1.29, 1.82) is 0 Å². The van der Waals surface area contributed by atoms with Crippen molar-refractivity contribution >= 4 is 39.9 Å². The SMILES string of the molecule is COc1ccc(C(C)Nc2ccc(Cl)cc2I)cc1OC. The molecule has 0 aliphatic rings. The molecule has 0 saturated heterocycles. The van der Waals surface area contributed by atoms with Gasteiger partial charge in [0.1, 0.15) is 0 Å². The molecular weight excluding hydrogens is 401 g/mol. The molecule has 0 heterocycles. The van der Waals surface area contributed by atoms with E-state index in [2.05, 4.69) is 34.8 Å². The van der Waals surface area contributed by atoms with Gasteiger partial charge >= 0.3 is 0 Å². The summed E-state index contributed by atoms with van der Waals surface area (Å²) < 4.78 is 11.7. The summed E-state index contributed by atoms with van der Waals surface area (Å²) in [4.78, 5) is 0. The maximum atomic E-state index is 5.98. The molecule has 0 aliphatic heterocycles. The van der Waals surface area contributed by atoms with E-state index in [-0.39, 0.29) is 6.04 Å². The van der Waals surface area contributed by atoms with E-state index in [0.29, 0.717) is 0 Å². The van der Waals surface area contributed by atoms with E-state index in [1.54, 1.807) is 14.2 Å². The normalized spacial score (nSPS) is 11.9. The maximum Gasteiger partial charge on any atom is 0.161 e. The van der Waals surface area contributed by atoms with Crippen LogP contribution in [-0.2, 0) is 0 Å². The van der Waals surface area contributed by atoms with Crippen LogP contribution in [-0.4, -0.2) is 14.2 Å². The zero-order valence-corrected chi connectivity index (χ0v) is 15.0. The minimum absolute atomic E-state index is 0.138. The van der Waals surface area contributed by atoms with Gasteiger partial charge in [-0.3, -0.25) is 0 Å². The second-order valence-electron chi connectivity index (χ2n) is 4.60. The van der Waals surface area contributed by atoms with Crippen molar-refractivity contribution in [2.24, 2.45) is 0 Å². The fourth-order valence-electron chi connectivity index (χ4n) is 2.05. The van der Waals surface area contributed by atoms with Crippen LogP contribution < -0.4 is 14.8 Å². The molecular formula is C16H17ClINO2. The second-order valence-corrected chi connectivity index (χ2v) is 6.20. The molecule has 0 saturated carbocycles. The third-order valence-electron chi connectivity index (χ3n) is 3.21. The second kappa shape index (κ2) is 7.22. The highest BCUT2D eigenvalue weighted by molar-refractivity contribution is 14.1. The summed E-state index contributed by atoms with van der Waals surface area (Å²) >= 11 is 8.25. The van der Waals surface area contributed by atoms with Crippen LogP contribution in [0.4, 0.5) is 5.69 Å². The third kappa shape index (κ3) is 3.95. The highest BCUT2D eigenvalue weighted by Gasteiger charge is 2.11. The molecule has 1 atom stereocenters. The first-order valence-corrected chi connectivity index (χ1v) is 7.94. The number of anilines is 1. The molecule has 2 aromatic carbocycles. The lowest BCUT2D eigenvalue weighted by atomic mass is 10.1. The van der Waals surface area contributed by atoms with Gasteiger partial charge in [-0.2, -0.15) is 0 Å². The Bertz CT molecular complexity index is 634. The molecule has 2 rings (SSSR count). The Morgan fingerprint density at radius 3 is 2.38 bits per heavy atom. The van der Waals surface area contributed by atoms with Gasteiger partial charge < -0.3 is 14.8 Å². The highest BCUT2D eigenvalue weighted by Crippen LogP contribution is 2.32. The number of nitrogens with one attached hydrogen (secondary N) is 1. The lowest BCUT2D eigenvalue weighted by Crippen LogP contribution is -2.08. The van der Waals surface area contributed by atoms with Crippen molar-refractivity contribution in [3.8, 4) is 11.5 Å². The van der Waals surface area contributed by atoms with Gasteiger partial charge in [0.15, 0.2) is 11.5 Å². The third-order valence-corrected chi connectivity index (χ3v) is 4.34. The van der Waals surface area contributed by atoms with E-state index in [0.717, 1.165) is 31.3 Å². The van der Waals surface area contributed by atoms with Crippen LogP contribution in [0.5, 0.6) is 11.5 Å². The summed E-state index contributed by atoms with van der Waals surface area (Å²) in [6.45, 7) is 2.10. The Hall–Kier alpha value is -1.14. The van der Waals surface area contributed by atoms with E-state index < -0.39 is 0 Å². The fraction of sp³-hybridized carbons (Fsp3) is 0.250. The van der Waals surface area contributed by atoms with E-state index in [9.17, 15) is 0 Å². The van der Waals surface area contributed by atoms with Crippen LogP contribution >= 0.6 is 34.2 Å². The van der Waals surface area contributed by atoms with Crippen LogP contribution in [0.3, 0.4) is 0 Å². The van der Waals surface area contributed by atoms with Crippen molar-refractivity contribution in [2.75, 3.05) is 19.5 Å². The van der Waals surface area contributed by atoms with Crippen LogP contribution in [0, 0.1) is 3.57 Å². The Labute approximate surface area is 143 Å². The predicted molar refractivity (Wildman–Crippen MR) is 95.8 cm³/mol. The molecule has 2 aromatic rings. The van der Waals surface area contributed by atoms with E-state index in [1.165, 1.54) is 0 Å².